The SMILES string of the molecule is CCCc1ccccc1-c1cccc2[cH-]c(C(C)(C)C)cc12.CCCc1ccccc1-c1cccc2[cH-]c(C(C)(C)C)cc12.C[Si]C.[Hf]. The van der Waals surface area contributed by atoms with E-state index in [0.29, 0.717) is 0 Å². The van der Waals surface area contributed by atoms with Crippen molar-refractivity contribution >= 4 is 31.1 Å². The van der Waals surface area contributed by atoms with Gasteiger partial charge in [0.05, 0.1) is 0 Å². The van der Waals surface area contributed by atoms with Crippen LogP contribution in [0.15, 0.2) is 109 Å². The van der Waals surface area contributed by atoms with Gasteiger partial charge < -0.3 is 0 Å². The van der Waals surface area contributed by atoms with Crippen molar-refractivity contribution in [3.63, 3.8) is 0 Å². The molecule has 0 N–H and O–H groups in total. The van der Waals surface area contributed by atoms with Gasteiger partial charge in [0.25, 0.3) is 0 Å². The molecule has 0 aliphatic carbocycles. The minimum absolute atomic E-state index is 0. The van der Waals surface area contributed by atoms with Gasteiger partial charge >= 0.3 is 0 Å². The zero-order valence-corrected chi connectivity index (χ0v) is 35.8. The summed E-state index contributed by atoms with van der Waals surface area (Å²) in [7, 11) is 1.08. The van der Waals surface area contributed by atoms with Gasteiger partial charge in [-0.15, -0.1) is 69.1 Å². The van der Waals surface area contributed by atoms with E-state index < -0.39 is 0 Å². The van der Waals surface area contributed by atoms with Crippen LogP contribution in [0.3, 0.4) is 0 Å². The van der Waals surface area contributed by atoms with Crippen LogP contribution in [0.4, 0.5) is 0 Å². The third-order valence-electron chi connectivity index (χ3n) is 8.89. The molecular weight excluding hydrogens is 759 g/mol. The Labute approximate surface area is 313 Å². The molecule has 48 heavy (non-hydrogen) atoms. The molecular formula is C46H56HfSi-2. The molecule has 0 saturated carbocycles. The van der Waals surface area contributed by atoms with Gasteiger partial charge in [0.2, 0.25) is 0 Å². The van der Waals surface area contributed by atoms with Crippen LogP contribution in [-0.4, -0.2) is 9.52 Å². The third kappa shape index (κ3) is 9.66. The fourth-order valence-corrected chi connectivity index (χ4v) is 6.35. The molecule has 6 aromatic carbocycles. The monoisotopic (exact) mass is 816 g/mol. The van der Waals surface area contributed by atoms with Gasteiger partial charge in [-0.2, -0.15) is 12.1 Å². The molecule has 250 valence electrons. The van der Waals surface area contributed by atoms with Crippen molar-refractivity contribution < 1.29 is 25.8 Å². The minimum Gasteiger partial charge on any atom is -0.164 e. The Morgan fingerprint density at radius 3 is 1.17 bits per heavy atom. The van der Waals surface area contributed by atoms with Crippen LogP contribution in [0.1, 0.15) is 90.5 Å². The number of aryl methyl sites for hydroxylation is 2. The van der Waals surface area contributed by atoms with Crippen LogP contribution in [0.25, 0.3) is 43.8 Å². The van der Waals surface area contributed by atoms with Gasteiger partial charge in [0.1, 0.15) is 0 Å². The zero-order valence-electron chi connectivity index (χ0n) is 31.2. The van der Waals surface area contributed by atoms with Crippen molar-refractivity contribution in [2.75, 3.05) is 0 Å². The molecule has 0 aliphatic heterocycles. The maximum absolute atomic E-state index is 2.38. The maximum Gasteiger partial charge on any atom is 0.0307 e. The fourth-order valence-electron chi connectivity index (χ4n) is 6.35. The molecule has 0 atom stereocenters. The van der Waals surface area contributed by atoms with Gasteiger partial charge in [-0.05, 0) is 45.9 Å². The summed E-state index contributed by atoms with van der Waals surface area (Å²) in [5, 5.41) is 5.48. The first-order chi connectivity index (χ1) is 22.4. The Hall–Kier alpha value is -2.81. The Morgan fingerprint density at radius 1 is 0.500 bits per heavy atom. The predicted molar refractivity (Wildman–Crippen MR) is 213 cm³/mol. The Morgan fingerprint density at radius 2 is 0.833 bits per heavy atom. The molecule has 0 spiro atoms. The van der Waals surface area contributed by atoms with Gasteiger partial charge in [-0.25, -0.2) is 0 Å². The first-order valence-corrected chi connectivity index (χ1v) is 19.6. The van der Waals surface area contributed by atoms with Crippen molar-refractivity contribution in [2.24, 2.45) is 0 Å². The fraction of sp³-hybridized carbons (Fsp3) is 0.348. The van der Waals surface area contributed by atoms with Crippen LogP contribution in [0, 0.1) is 0 Å². The first kappa shape index (κ1) is 39.6. The average molecular weight is 816 g/mol. The Kier molecular flexibility index (Phi) is 14.6. The zero-order chi connectivity index (χ0) is 34.2. The summed E-state index contributed by atoms with van der Waals surface area (Å²) in [5.41, 5.74) is 11.7. The average Bonchev–Trinajstić information content (AvgIpc) is 3.68. The van der Waals surface area contributed by atoms with E-state index in [4.69, 9.17) is 0 Å². The van der Waals surface area contributed by atoms with Crippen LogP contribution in [-0.2, 0) is 49.5 Å². The van der Waals surface area contributed by atoms with E-state index in [2.05, 4.69) is 178 Å². The van der Waals surface area contributed by atoms with Gasteiger partial charge in [-0.1, -0.05) is 153 Å². The van der Waals surface area contributed by atoms with E-state index in [1.165, 1.54) is 78.9 Å². The molecule has 0 bridgehead atoms. The van der Waals surface area contributed by atoms with Crippen LogP contribution in [0.5, 0.6) is 0 Å². The van der Waals surface area contributed by atoms with Crippen molar-refractivity contribution in [3.8, 4) is 22.3 Å². The molecule has 0 amide bonds. The Balaban J connectivity index is 0.000000236. The standard InChI is InChI=1S/2C22H25.C2H6Si.Hf/c2*1-5-9-16-10-6-7-12-19(16)20-13-8-11-17-14-18(15-21(17)20)22(2,3)4;1-3-2;/h2*6-8,10-15H,5,9H2,1-4H3;1-2H3;/q2*-1;;. The summed E-state index contributed by atoms with van der Waals surface area (Å²) in [4.78, 5) is 0. The van der Waals surface area contributed by atoms with Crippen LogP contribution < -0.4 is 0 Å². The van der Waals surface area contributed by atoms with Crippen molar-refractivity contribution in [2.45, 2.75) is 105 Å². The van der Waals surface area contributed by atoms with Crippen LogP contribution in [0.2, 0.25) is 13.1 Å². The normalized spacial score (nSPS) is 11.4. The first-order valence-electron chi connectivity index (χ1n) is 17.6. The van der Waals surface area contributed by atoms with Crippen molar-refractivity contribution in [1.29, 1.82) is 0 Å². The topological polar surface area (TPSA) is 0 Å². The molecule has 0 saturated heterocycles. The Bertz CT molecular complexity index is 1730. The molecule has 2 radical (unpaired) electrons. The molecule has 2 heteroatoms. The quantitative estimate of drug-likeness (QED) is 0.116. The number of hydrogen-bond acceptors (Lipinski definition) is 0. The number of benzene rings is 4. The van der Waals surface area contributed by atoms with Gasteiger partial charge in [-0.3, -0.25) is 0 Å². The number of hydrogen-bond donors (Lipinski definition) is 0. The molecule has 0 heterocycles. The summed E-state index contributed by atoms with van der Waals surface area (Å²) in [6.45, 7) is 22.5. The molecule has 0 aromatic heterocycles. The second-order valence-electron chi connectivity index (χ2n) is 14.9. The summed E-state index contributed by atoms with van der Waals surface area (Å²) < 4.78 is 0. The second kappa shape index (κ2) is 17.7. The summed E-state index contributed by atoms with van der Waals surface area (Å²) in [6, 6.07) is 40.5. The smallest absolute Gasteiger partial charge is 0.0307 e. The molecule has 0 aliphatic rings. The predicted octanol–water partition coefficient (Wildman–Crippen LogP) is 13.7. The van der Waals surface area contributed by atoms with E-state index in [1.807, 2.05) is 0 Å². The van der Waals surface area contributed by atoms with E-state index in [9.17, 15) is 0 Å². The van der Waals surface area contributed by atoms with Crippen molar-refractivity contribution in [3.05, 3.63) is 131 Å². The maximum atomic E-state index is 2.38. The van der Waals surface area contributed by atoms with E-state index in [1.54, 1.807) is 0 Å². The second-order valence-corrected chi connectivity index (χ2v) is 15.9. The third-order valence-corrected chi connectivity index (χ3v) is 8.89. The number of fused-ring (bicyclic) bond motifs is 2. The van der Waals surface area contributed by atoms with E-state index in [0.717, 1.165) is 22.4 Å². The van der Waals surface area contributed by atoms with E-state index >= 15 is 0 Å². The van der Waals surface area contributed by atoms with E-state index in [-0.39, 0.29) is 36.7 Å². The molecule has 0 nitrogen and oxygen atoms in total. The largest absolute Gasteiger partial charge is 0.164 e. The van der Waals surface area contributed by atoms with Gasteiger partial charge in [0.15, 0.2) is 0 Å². The number of rotatable bonds is 6. The van der Waals surface area contributed by atoms with Crippen molar-refractivity contribution in [1.82, 2.24) is 0 Å². The molecule has 6 rings (SSSR count). The minimum atomic E-state index is 0. The molecule has 6 aromatic rings. The molecule has 0 unspecified atom stereocenters. The summed E-state index contributed by atoms with van der Waals surface area (Å²) in [5.74, 6) is 0. The summed E-state index contributed by atoms with van der Waals surface area (Å²) in [6.07, 6.45) is 4.64. The summed E-state index contributed by atoms with van der Waals surface area (Å²) >= 11 is 0. The van der Waals surface area contributed by atoms with Crippen LogP contribution >= 0.6 is 0 Å². The molecule has 0 fully saturated rings. The van der Waals surface area contributed by atoms with Gasteiger partial charge in [0, 0.05) is 35.4 Å².